The number of hydrogen-bond donors (Lipinski definition) is 2. The summed E-state index contributed by atoms with van der Waals surface area (Å²) >= 11 is 0. The molecular formula is C21H28N3O3+. The first kappa shape index (κ1) is 20.5. The van der Waals surface area contributed by atoms with Crippen molar-refractivity contribution in [3.8, 4) is 5.75 Å². The van der Waals surface area contributed by atoms with Gasteiger partial charge in [-0.25, -0.2) is 0 Å². The fourth-order valence-electron chi connectivity index (χ4n) is 2.82. The monoisotopic (exact) mass is 370 g/mol. The van der Waals surface area contributed by atoms with Gasteiger partial charge in [0.15, 0.2) is 6.54 Å². The Balaban J connectivity index is 1.85. The van der Waals surface area contributed by atoms with Crippen LogP contribution in [0.2, 0.25) is 0 Å². The topological polar surface area (TPSA) is 63.1 Å². The molecular weight excluding hydrogens is 342 g/mol. The first-order valence-corrected chi connectivity index (χ1v) is 8.92. The van der Waals surface area contributed by atoms with Crippen LogP contribution in [0.15, 0.2) is 48.5 Å². The highest BCUT2D eigenvalue weighted by Crippen LogP contribution is 2.12. The molecule has 0 bridgehead atoms. The Morgan fingerprint density at radius 1 is 1.04 bits per heavy atom. The van der Waals surface area contributed by atoms with E-state index in [9.17, 15) is 9.59 Å². The number of nitrogens with one attached hydrogen (secondary N) is 2. The molecule has 0 saturated heterocycles. The summed E-state index contributed by atoms with van der Waals surface area (Å²) in [5, 5.41) is 2.61. The number of quaternary nitrogens is 1. The Kier molecular flexibility index (Phi) is 7.37. The first-order chi connectivity index (χ1) is 12.9. The standard InChI is InChI=1S/C21H27N3O3/c1-22-21(26)18-9-5-16(6-10-18)13-23(2)15-20(25)24(3)14-17-7-11-19(27-4)12-8-17/h5-12H,13-15H2,1-4H3,(H,22,26)/p+1. The van der Waals surface area contributed by atoms with Crippen LogP contribution in [0.5, 0.6) is 5.75 Å². The third kappa shape index (κ3) is 6.11. The van der Waals surface area contributed by atoms with Gasteiger partial charge in [0.1, 0.15) is 12.3 Å². The van der Waals surface area contributed by atoms with E-state index in [0.717, 1.165) is 28.3 Å². The lowest BCUT2D eigenvalue weighted by Gasteiger charge is -2.20. The molecule has 2 amide bonds. The number of amides is 2. The van der Waals surface area contributed by atoms with E-state index in [1.54, 1.807) is 31.2 Å². The zero-order valence-electron chi connectivity index (χ0n) is 16.4. The van der Waals surface area contributed by atoms with Crippen LogP contribution in [-0.4, -0.2) is 51.5 Å². The van der Waals surface area contributed by atoms with Crippen LogP contribution in [-0.2, 0) is 17.9 Å². The van der Waals surface area contributed by atoms with Crippen LogP contribution in [0, 0.1) is 0 Å². The summed E-state index contributed by atoms with van der Waals surface area (Å²) in [6, 6.07) is 15.2. The maximum Gasteiger partial charge on any atom is 0.277 e. The molecule has 2 N–H and O–H groups in total. The molecule has 0 aliphatic carbocycles. The van der Waals surface area contributed by atoms with Crippen LogP contribution in [0.3, 0.4) is 0 Å². The molecule has 1 atom stereocenters. The maximum absolute atomic E-state index is 12.5. The van der Waals surface area contributed by atoms with Gasteiger partial charge in [0.25, 0.3) is 11.8 Å². The predicted molar refractivity (Wildman–Crippen MR) is 105 cm³/mol. The van der Waals surface area contributed by atoms with E-state index in [-0.39, 0.29) is 11.8 Å². The van der Waals surface area contributed by atoms with E-state index in [0.29, 0.717) is 18.7 Å². The van der Waals surface area contributed by atoms with Crippen molar-refractivity contribution in [3.63, 3.8) is 0 Å². The number of carbonyl (C=O) groups is 2. The lowest BCUT2D eigenvalue weighted by atomic mass is 10.1. The van der Waals surface area contributed by atoms with Crippen LogP contribution in [0.4, 0.5) is 0 Å². The highest BCUT2D eigenvalue weighted by atomic mass is 16.5. The van der Waals surface area contributed by atoms with Crippen LogP contribution in [0.1, 0.15) is 21.5 Å². The highest BCUT2D eigenvalue weighted by Gasteiger charge is 2.15. The summed E-state index contributed by atoms with van der Waals surface area (Å²) in [5.74, 6) is 0.794. The maximum atomic E-state index is 12.5. The van der Waals surface area contributed by atoms with Crippen molar-refractivity contribution in [1.82, 2.24) is 10.2 Å². The first-order valence-electron chi connectivity index (χ1n) is 8.92. The smallest absolute Gasteiger partial charge is 0.277 e. The largest absolute Gasteiger partial charge is 0.497 e. The third-order valence-electron chi connectivity index (χ3n) is 4.41. The van der Waals surface area contributed by atoms with Crippen LogP contribution in [0.25, 0.3) is 0 Å². The zero-order chi connectivity index (χ0) is 19.8. The van der Waals surface area contributed by atoms with Gasteiger partial charge in [0.2, 0.25) is 0 Å². The van der Waals surface area contributed by atoms with Crippen molar-refractivity contribution in [2.24, 2.45) is 0 Å². The Labute approximate surface area is 160 Å². The van der Waals surface area contributed by atoms with Gasteiger partial charge in [-0.1, -0.05) is 24.3 Å². The van der Waals surface area contributed by atoms with Crippen molar-refractivity contribution in [1.29, 1.82) is 0 Å². The van der Waals surface area contributed by atoms with Gasteiger partial charge in [-0.05, 0) is 29.8 Å². The van der Waals surface area contributed by atoms with Gasteiger partial charge in [0.05, 0.1) is 14.2 Å². The second-order valence-corrected chi connectivity index (χ2v) is 6.68. The Morgan fingerprint density at radius 3 is 2.19 bits per heavy atom. The minimum absolute atomic E-state index is 0.0882. The molecule has 144 valence electrons. The molecule has 0 aliphatic rings. The SMILES string of the molecule is CNC(=O)c1ccc(C[NH+](C)CC(=O)N(C)Cc2ccc(OC)cc2)cc1. The molecule has 0 aromatic heterocycles. The summed E-state index contributed by atoms with van der Waals surface area (Å²) in [5.41, 5.74) is 2.79. The van der Waals surface area contributed by atoms with Crippen molar-refractivity contribution < 1.29 is 19.2 Å². The van der Waals surface area contributed by atoms with Gasteiger partial charge in [-0.2, -0.15) is 0 Å². The molecule has 0 fully saturated rings. The van der Waals surface area contributed by atoms with Gasteiger partial charge >= 0.3 is 0 Å². The normalized spacial score (nSPS) is 11.6. The number of hydrogen-bond acceptors (Lipinski definition) is 3. The average molecular weight is 370 g/mol. The summed E-state index contributed by atoms with van der Waals surface area (Å²) in [4.78, 5) is 26.9. The predicted octanol–water partition coefficient (Wildman–Crippen LogP) is 0.728. The fourth-order valence-corrected chi connectivity index (χ4v) is 2.82. The Morgan fingerprint density at radius 2 is 1.63 bits per heavy atom. The molecule has 0 radical (unpaired) electrons. The van der Waals surface area contributed by atoms with Crippen LogP contribution >= 0.6 is 0 Å². The quantitative estimate of drug-likeness (QED) is 0.720. The number of carbonyl (C=O) groups excluding carboxylic acids is 2. The van der Waals surface area contributed by atoms with Crippen molar-refractivity contribution in [2.75, 3.05) is 34.8 Å². The summed E-state index contributed by atoms with van der Waals surface area (Å²) in [7, 11) is 7.06. The number of rotatable bonds is 8. The average Bonchev–Trinajstić information content (AvgIpc) is 2.68. The van der Waals surface area contributed by atoms with E-state index >= 15 is 0 Å². The second kappa shape index (κ2) is 9.73. The molecule has 0 aliphatic heterocycles. The van der Waals surface area contributed by atoms with Gasteiger partial charge < -0.3 is 19.9 Å². The minimum atomic E-state index is -0.0995. The lowest BCUT2D eigenvalue weighted by Crippen LogP contribution is -3.08. The van der Waals surface area contributed by atoms with E-state index < -0.39 is 0 Å². The van der Waals surface area contributed by atoms with Gasteiger partial charge in [-0.3, -0.25) is 9.59 Å². The summed E-state index contributed by atoms with van der Waals surface area (Å²) < 4.78 is 5.15. The molecule has 0 spiro atoms. The summed E-state index contributed by atoms with van der Waals surface area (Å²) in [6.07, 6.45) is 0. The molecule has 1 unspecified atom stereocenters. The van der Waals surface area contributed by atoms with E-state index in [1.165, 1.54) is 0 Å². The third-order valence-corrected chi connectivity index (χ3v) is 4.41. The Hall–Kier alpha value is -2.86. The Bertz CT molecular complexity index is 757. The fraction of sp³-hybridized carbons (Fsp3) is 0.333. The number of nitrogens with zero attached hydrogens (tertiary/aromatic N) is 1. The van der Waals surface area contributed by atoms with E-state index in [4.69, 9.17) is 4.74 Å². The van der Waals surface area contributed by atoms with E-state index in [2.05, 4.69) is 5.32 Å². The molecule has 2 rings (SSSR count). The molecule has 6 nitrogen and oxygen atoms in total. The van der Waals surface area contributed by atoms with Crippen molar-refractivity contribution in [2.45, 2.75) is 13.1 Å². The minimum Gasteiger partial charge on any atom is -0.497 e. The van der Waals surface area contributed by atoms with Crippen molar-refractivity contribution in [3.05, 3.63) is 65.2 Å². The number of benzene rings is 2. The summed E-state index contributed by atoms with van der Waals surface area (Å²) in [6.45, 7) is 1.69. The molecule has 2 aromatic rings. The number of likely N-dealkylation sites (N-methyl/N-ethyl adjacent to an activating group) is 2. The number of methoxy groups -OCH3 is 1. The van der Waals surface area contributed by atoms with Crippen LogP contribution < -0.4 is 15.0 Å². The second-order valence-electron chi connectivity index (χ2n) is 6.68. The van der Waals surface area contributed by atoms with Gasteiger partial charge in [0, 0.05) is 31.8 Å². The van der Waals surface area contributed by atoms with Crippen molar-refractivity contribution >= 4 is 11.8 Å². The highest BCUT2D eigenvalue weighted by molar-refractivity contribution is 5.93. The number of ether oxygens (including phenoxy) is 1. The molecule has 27 heavy (non-hydrogen) atoms. The molecule has 6 heteroatoms. The molecule has 2 aromatic carbocycles. The lowest BCUT2D eigenvalue weighted by molar-refractivity contribution is -0.885. The van der Waals surface area contributed by atoms with Gasteiger partial charge in [-0.15, -0.1) is 0 Å². The van der Waals surface area contributed by atoms with E-state index in [1.807, 2.05) is 50.5 Å². The molecule has 0 heterocycles. The zero-order valence-corrected chi connectivity index (χ0v) is 16.4. The molecule has 0 saturated carbocycles.